The largest absolute Gasteiger partial charge is 0.382 e. The molecule has 0 bridgehead atoms. The summed E-state index contributed by atoms with van der Waals surface area (Å²) in [4.78, 5) is 0. The fourth-order valence-electron chi connectivity index (χ4n) is 2.54. The van der Waals surface area contributed by atoms with Crippen LogP contribution in [0.3, 0.4) is 0 Å². The van der Waals surface area contributed by atoms with Crippen molar-refractivity contribution in [1.29, 1.82) is 0 Å². The smallest absolute Gasteiger partial charge is 0.0482 e. The summed E-state index contributed by atoms with van der Waals surface area (Å²) in [6.45, 7) is 11.2. The summed E-state index contributed by atoms with van der Waals surface area (Å²) in [7, 11) is 0. The van der Waals surface area contributed by atoms with E-state index >= 15 is 0 Å². The third-order valence-electron chi connectivity index (χ3n) is 3.61. The summed E-state index contributed by atoms with van der Waals surface area (Å²) >= 11 is 0. The van der Waals surface area contributed by atoms with Gasteiger partial charge in [-0.2, -0.15) is 0 Å². The van der Waals surface area contributed by atoms with Gasteiger partial charge in [0.2, 0.25) is 0 Å². The molecule has 0 fully saturated rings. The van der Waals surface area contributed by atoms with E-state index < -0.39 is 0 Å². The molecule has 0 saturated heterocycles. The fourth-order valence-corrected chi connectivity index (χ4v) is 2.54. The Balaban J connectivity index is 1.94. The van der Waals surface area contributed by atoms with Crippen LogP contribution in [-0.4, -0.2) is 24.3 Å². The molecule has 1 heterocycles. The maximum absolute atomic E-state index is 5.40. The van der Waals surface area contributed by atoms with E-state index in [4.69, 9.17) is 4.74 Å². The normalized spacial score (nSPS) is 11.6. The lowest BCUT2D eigenvalue weighted by atomic mass is 10.1. The zero-order valence-corrected chi connectivity index (χ0v) is 13.6. The van der Waals surface area contributed by atoms with Gasteiger partial charge in [0.1, 0.15) is 0 Å². The van der Waals surface area contributed by atoms with Crippen molar-refractivity contribution >= 4 is 10.9 Å². The molecular formula is C18H28N2O. The SMILES string of the molecule is CCOCCCn1ccc2cc(CNCC(C)C)ccc21. The summed E-state index contributed by atoms with van der Waals surface area (Å²) < 4.78 is 7.72. The molecule has 116 valence electrons. The van der Waals surface area contributed by atoms with Crippen molar-refractivity contribution in [3.8, 4) is 0 Å². The van der Waals surface area contributed by atoms with Crippen LogP contribution in [0.2, 0.25) is 0 Å². The van der Waals surface area contributed by atoms with Crippen LogP contribution in [0.1, 0.15) is 32.8 Å². The minimum Gasteiger partial charge on any atom is -0.382 e. The molecule has 0 radical (unpaired) electrons. The van der Waals surface area contributed by atoms with Gasteiger partial charge in [-0.15, -0.1) is 0 Å². The van der Waals surface area contributed by atoms with Gasteiger partial charge in [-0.3, -0.25) is 0 Å². The summed E-state index contributed by atoms with van der Waals surface area (Å²) in [5, 5.41) is 4.83. The third-order valence-corrected chi connectivity index (χ3v) is 3.61. The maximum atomic E-state index is 5.40. The van der Waals surface area contributed by atoms with Gasteiger partial charge in [0, 0.05) is 38.0 Å². The highest BCUT2D eigenvalue weighted by atomic mass is 16.5. The van der Waals surface area contributed by atoms with E-state index in [1.807, 2.05) is 6.92 Å². The number of rotatable bonds is 9. The molecule has 0 atom stereocenters. The Labute approximate surface area is 128 Å². The minimum atomic E-state index is 0.695. The molecule has 1 aromatic carbocycles. The quantitative estimate of drug-likeness (QED) is 0.710. The van der Waals surface area contributed by atoms with E-state index in [0.29, 0.717) is 5.92 Å². The van der Waals surface area contributed by atoms with E-state index in [1.165, 1.54) is 16.5 Å². The van der Waals surface area contributed by atoms with Crippen LogP contribution in [0.4, 0.5) is 0 Å². The van der Waals surface area contributed by atoms with Gasteiger partial charge in [0.25, 0.3) is 0 Å². The Morgan fingerprint density at radius 1 is 1.24 bits per heavy atom. The number of nitrogens with one attached hydrogen (secondary N) is 1. The Kier molecular flexibility index (Phi) is 6.27. The second kappa shape index (κ2) is 8.20. The first-order chi connectivity index (χ1) is 10.2. The van der Waals surface area contributed by atoms with Crippen molar-refractivity contribution < 1.29 is 4.74 Å². The number of aryl methyl sites for hydroxylation is 1. The van der Waals surface area contributed by atoms with Crippen LogP contribution in [-0.2, 0) is 17.8 Å². The molecule has 3 heteroatoms. The van der Waals surface area contributed by atoms with E-state index in [9.17, 15) is 0 Å². The number of benzene rings is 1. The van der Waals surface area contributed by atoms with Crippen molar-refractivity contribution in [3.05, 3.63) is 36.0 Å². The average Bonchev–Trinajstić information content (AvgIpc) is 2.86. The molecule has 0 aliphatic rings. The average molecular weight is 288 g/mol. The lowest BCUT2D eigenvalue weighted by Gasteiger charge is -2.09. The molecule has 0 aliphatic carbocycles. The molecule has 0 amide bonds. The topological polar surface area (TPSA) is 26.2 Å². The van der Waals surface area contributed by atoms with E-state index in [-0.39, 0.29) is 0 Å². The fraction of sp³-hybridized carbons (Fsp3) is 0.556. The van der Waals surface area contributed by atoms with Gasteiger partial charge in [-0.25, -0.2) is 0 Å². The Hall–Kier alpha value is -1.32. The van der Waals surface area contributed by atoms with Crippen LogP contribution in [0.5, 0.6) is 0 Å². The van der Waals surface area contributed by atoms with Crippen LogP contribution in [0.25, 0.3) is 10.9 Å². The molecule has 0 aliphatic heterocycles. The second-order valence-electron chi connectivity index (χ2n) is 5.98. The number of hydrogen-bond donors (Lipinski definition) is 1. The number of hydrogen-bond acceptors (Lipinski definition) is 2. The molecular weight excluding hydrogens is 260 g/mol. The second-order valence-corrected chi connectivity index (χ2v) is 5.98. The maximum Gasteiger partial charge on any atom is 0.0482 e. The predicted octanol–water partition coefficient (Wildman–Crippen LogP) is 3.81. The van der Waals surface area contributed by atoms with Crippen LogP contribution >= 0.6 is 0 Å². The van der Waals surface area contributed by atoms with Gasteiger partial charge < -0.3 is 14.6 Å². The van der Waals surface area contributed by atoms with Crippen molar-refractivity contribution in [2.24, 2.45) is 5.92 Å². The molecule has 21 heavy (non-hydrogen) atoms. The molecule has 2 rings (SSSR count). The molecule has 0 spiro atoms. The summed E-state index contributed by atoms with van der Waals surface area (Å²) in [6.07, 6.45) is 3.25. The summed E-state index contributed by atoms with van der Waals surface area (Å²) in [5.74, 6) is 0.695. The van der Waals surface area contributed by atoms with Crippen molar-refractivity contribution in [1.82, 2.24) is 9.88 Å². The van der Waals surface area contributed by atoms with Gasteiger partial charge in [-0.1, -0.05) is 19.9 Å². The Bertz CT molecular complexity index is 545. The highest BCUT2D eigenvalue weighted by Crippen LogP contribution is 2.18. The molecule has 1 N–H and O–H groups in total. The molecule has 1 aromatic heterocycles. The lowest BCUT2D eigenvalue weighted by molar-refractivity contribution is 0.142. The van der Waals surface area contributed by atoms with Crippen molar-refractivity contribution in [3.63, 3.8) is 0 Å². The first kappa shape index (κ1) is 16.1. The third kappa shape index (κ3) is 4.87. The van der Waals surface area contributed by atoms with Gasteiger partial charge in [0.05, 0.1) is 0 Å². The zero-order valence-electron chi connectivity index (χ0n) is 13.6. The Morgan fingerprint density at radius 3 is 2.86 bits per heavy atom. The van der Waals surface area contributed by atoms with Crippen molar-refractivity contribution in [2.45, 2.75) is 40.3 Å². The predicted molar refractivity (Wildman–Crippen MR) is 89.6 cm³/mol. The standard InChI is InChI=1S/C18H28N2O/c1-4-21-11-5-9-20-10-8-17-12-16(6-7-18(17)20)14-19-13-15(2)3/h6-8,10,12,15,19H,4-5,9,11,13-14H2,1-3H3. The van der Waals surface area contributed by atoms with E-state index in [2.05, 4.69) is 54.2 Å². The summed E-state index contributed by atoms with van der Waals surface area (Å²) in [6, 6.07) is 8.97. The number of ether oxygens (including phenoxy) is 1. The molecule has 0 unspecified atom stereocenters. The highest BCUT2D eigenvalue weighted by molar-refractivity contribution is 5.80. The number of aromatic nitrogens is 1. The van der Waals surface area contributed by atoms with E-state index in [0.717, 1.165) is 39.3 Å². The van der Waals surface area contributed by atoms with Crippen LogP contribution in [0.15, 0.2) is 30.5 Å². The summed E-state index contributed by atoms with van der Waals surface area (Å²) in [5.41, 5.74) is 2.68. The van der Waals surface area contributed by atoms with Gasteiger partial charge in [0.15, 0.2) is 0 Å². The van der Waals surface area contributed by atoms with Crippen molar-refractivity contribution in [2.75, 3.05) is 19.8 Å². The number of nitrogens with zero attached hydrogens (tertiary/aromatic N) is 1. The minimum absolute atomic E-state index is 0.695. The molecule has 3 nitrogen and oxygen atoms in total. The lowest BCUT2D eigenvalue weighted by Crippen LogP contribution is -2.18. The number of fused-ring (bicyclic) bond motifs is 1. The Morgan fingerprint density at radius 2 is 2.10 bits per heavy atom. The monoisotopic (exact) mass is 288 g/mol. The first-order valence-corrected chi connectivity index (χ1v) is 8.07. The van der Waals surface area contributed by atoms with E-state index in [1.54, 1.807) is 0 Å². The molecule has 2 aromatic rings. The van der Waals surface area contributed by atoms with Crippen LogP contribution in [0, 0.1) is 5.92 Å². The van der Waals surface area contributed by atoms with Gasteiger partial charge in [-0.05, 0) is 55.0 Å². The van der Waals surface area contributed by atoms with Crippen LogP contribution < -0.4 is 5.32 Å². The zero-order chi connectivity index (χ0) is 15.1. The first-order valence-electron chi connectivity index (χ1n) is 8.07. The molecule has 0 saturated carbocycles. The highest BCUT2D eigenvalue weighted by Gasteiger charge is 2.03. The van der Waals surface area contributed by atoms with Gasteiger partial charge >= 0.3 is 0 Å².